The lowest BCUT2D eigenvalue weighted by atomic mass is 10.2. The summed E-state index contributed by atoms with van der Waals surface area (Å²) in [6, 6.07) is 10.3. The average molecular weight is 338 g/mol. The topological polar surface area (TPSA) is 67.4 Å². The number of amides is 1. The predicted molar refractivity (Wildman–Crippen MR) is 94.1 cm³/mol. The van der Waals surface area contributed by atoms with Gasteiger partial charge in [0.1, 0.15) is 0 Å². The second kappa shape index (κ2) is 7.29. The van der Waals surface area contributed by atoms with Gasteiger partial charge in [0.25, 0.3) is 5.91 Å². The van der Waals surface area contributed by atoms with Crippen molar-refractivity contribution in [2.24, 2.45) is 0 Å². The number of carbonyl (C=O) groups excluding carboxylic acids is 1. The normalized spacial score (nSPS) is 23.2. The molecular weight excluding hydrogens is 316 g/mol. The first-order chi connectivity index (χ1) is 12.3. The van der Waals surface area contributed by atoms with E-state index in [0.717, 1.165) is 25.3 Å². The maximum absolute atomic E-state index is 12.3. The Morgan fingerprint density at radius 1 is 1.24 bits per heavy atom. The van der Waals surface area contributed by atoms with E-state index in [-0.39, 0.29) is 12.0 Å². The molecule has 0 saturated carbocycles. The molecule has 6 nitrogen and oxygen atoms in total. The van der Waals surface area contributed by atoms with Gasteiger partial charge in [-0.2, -0.15) is 0 Å². The van der Waals surface area contributed by atoms with Gasteiger partial charge in [0.2, 0.25) is 0 Å². The number of nitrogens with one attached hydrogen (secondary N) is 1. The molecule has 2 aliphatic heterocycles. The van der Waals surface area contributed by atoms with Gasteiger partial charge in [-0.1, -0.05) is 30.3 Å². The fourth-order valence-electron chi connectivity index (χ4n) is 3.50. The molecule has 0 spiro atoms. The SMILES string of the molecule is O=C(NC[C@H]1CN2CCC[C@@H]2CO1)c1cnc(-c2ccccc2)nc1. The number of hydrogen-bond donors (Lipinski definition) is 1. The summed E-state index contributed by atoms with van der Waals surface area (Å²) >= 11 is 0. The zero-order chi connectivity index (χ0) is 17.1. The van der Waals surface area contributed by atoms with Crippen molar-refractivity contribution in [1.29, 1.82) is 0 Å². The molecular formula is C19H22N4O2. The van der Waals surface area contributed by atoms with E-state index in [2.05, 4.69) is 20.2 Å². The van der Waals surface area contributed by atoms with E-state index >= 15 is 0 Å². The first-order valence-electron chi connectivity index (χ1n) is 8.81. The highest BCUT2D eigenvalue weighted by molar-refractivity contribution is 5.93. The van der Waals surface area contributed by atoms with Crippen LogP contribution in [-0.4, -0.2) is 59.2 Å². The molecule has 2 fully saturated rings. The van der Waals surface area contributed by atoms with Crippen molar-refractivity contribution in [3.05, 3.63) is 48.3 Å². The zero-order valence-corrected chi connectivity index (χ0v) is 14.1. The van der Waals surface area contributed by atoms with Gasteiger partial charge in [0.15, 0.2) is 5.82 Å². The Morgan fingerprint density at radius 3 is 2.84 bits per heavy atom. The molecule has 130 valence electrons. The van der Waals surface area contributed by atoms with Crippen LogP contribution in [0.15, 0.2) is 42.7 Å². The third-order valence-electron chi connectivity index (χ3n) is 4.90. The lowest BCUT2D eigenvalue weighted by Gasteiger charge is -2.35. The molecule has 2 aromatic rings. The molecule has 1 amide bonds. The molecule has 4 rings (SSSR count). The van der Waals surface area contributed by atoms with E-state index in [4.69, 9.17) is 4.74 Å². The lowest BCUT2D eigenvalue weighted by molar-refractivity contribution is -0.0461. The molecule has 3 heterocycles. The molecule has 25 heavy (non-hydrogen) atoms. The number of nitrogens with zero attached hydrogens (tertiary/aromatic N) is 3. The van der Waals surface area contributed by atoms with Crippen LogP contribution in [-0.2, 0) is 4.74 Å². The maximum Gasteiger partial charge on any atom is 0.254 e. The van der Waals surface area contributed by atoms with Gasteiger partial charge >= 0.3 is 0 Å². The molecule has 1 aromatic carbocycles. The number of benzene rings is 1. The van der Waals surface area contributed by atoms with Gasteiger partial charge in [-0.05, 0) is 19.4 Å². The maximum atomic E-state index is 12.3. The summed E-state index contributed by atoms with van der Waals surface area (Å²) in [6.45, 7) is 3.33. The van der Waals surface area contributed by atoms with E-state index in [1.165, 1.54) is 12.8 Å². The Labute approximate surface area is 147 Å². The minimum absolute atomic E-state index is 0.0582. The van der Waals surface area contributed by atoms with Gasteiger partial charge in [-0.3, -0.25) is 9.69 Å². The number of carbonyl (C=O) groups is 1. The second-order valence-corrected chi connectivity index (χ2v) is 6.62. The second-order valence-electron chi connectivity index (χ2n) is 6.62. The predicted octanol–water partition coefficient (Wildman–Crippen LogP) is 1.74. The highest BCUT2D eigenvalue weighted by Gasteiger charge is 2.32. The molecule has 1 aromatic heterocycles. The van der Waals surface area contributed by atoms with Gasteiger partial charge in [-0.25, -0.2) is 9.97 Å². The first-order valence-corrected chi connectivity index (χ1v) is 8.81. The van der Waals surface area contributed by atoms with Crippen LogP contribution in [0.2, 0.25) is 0 Å². The van der Waals surface area contributed by atoms with Crippen LogP contribution in [0.25, 0.3) is 11.4 Å². The van der Waals surface area contributed by atoms with Crippen LogP contribution < -0.4 is 5.32 Å². The minimum Gasteiger partial charge on any atom is -0.373 e. The minimum atomic E-state index is -0.160. The fraction of sp³-hybridized carbons (Fsp3) is 0.421. The van der Waals surface area contributed by atoms with Crippen LogP contribution in [0.3, 0.4) is 0 Å². The Hall–Kier alpha value is -2.31. The fourth-order valence-corrected chi connectivity index (χ4v) is 3.50. The summed E-state index contributed by atoms with van der Waals surface area (Å²) in [5.41, 5.74) is 1.40. The van der Waals surface area contributed by atoms with Crippen LogP contribution in [0, 0.1) is 0 Å². The van der Waals surface area contributed by atoms with E-state index in [1.54, 1.807) is 12.4 Å². The molecule has 0 radical (unpaired) electrons. The highest BCUT2D eigenvalue weighted by atomic mass is 16.5. The molecule has 2 atom stereocenters. The Bertz CT molecular complexity index is 720. The molecule has 6 heteroatoms. The summed E-state index contributed by atoms with van der Waals surface area (Å²) in [7, 11) is 0. The largest absolute Gasteiger partial charge is 0.373 e. The Balaban J connectivity index is 1.32. The van der Waals surface area contributed by atoms with E-state index in [1.807, 2.05) is 30.3 Å². The van der Waals surface area contributed by atoms with Crippen LogP contribution >= 0.6 is 0 Å². The third kappa shape index (κ3) is 3.70. The van der Waals surface area contributed by atoms with Crippen molar-refractivity contribution in [1.82, 2.24) is 20.2 Å². The van der Waals surface area contributed by atoms with Gasteiger partial charge in [-0.15, -0.1) is 0 Å². The van der Waals surface area contributed by atoms with Crippen molar-refractivity contribution in [2.75, 3.05) is 26.2 Å². The summed E-state index contributed by atoms with van der Waals surface area (Å²) in [5, 5.41) is 2.94. The lowest BCUT2D eigenvalue weighted by Crippen LogP contribution is -2.50. The molecule has 2 saturated heterocycles. The first kappa shape index (κ1) is 16.2. The van der Waals surface area contributed by atoms with Crippen LogP contribution in [0.5, 0.6) is 0 Å². The number of rotatable bonds is 4. The summed E-state index contributed by atoms with van der Waals surface area (Å²) in [4.78, 5) is 23.4. The number of hydrogen-bond acceptors (Lipinski definition) is 5. The van der Waals surface area contributed by atoms with Crippen molar-refractivity contribution in [3.8, 4) is 11.4 Å². The number of ether oxygens (including phenoxy) is 1. The average Bonchev–Trinajstić information content (AvgIpc) is 3.15. The molecule has 0 unspecified atom stereocenters. The number of morpholine rings is 1. The van der Waals surface area contributed by atoms with E-state index < -0.39 is 0 Å². The van der Waals surface area contributed by atoms with Crippen molar-refractivity contribution in [3.63, 3.8) is 0 Å². The Kier molecular flexibility index (Phi) is 4.72. The number of fused-ring (bicyclic) bond motifs is 1. The quantitative estimate of drug-likeness (QED) is 0.920. The van der Waals surface area contributed by atoms with Crippen molar-refractivity contribution >= 4 is 5.91 Å². The van der Waals surface area contributed by atoms with E-state index in [0.29, 0.717) is 24.0 Å². The van der Waals surface area contributed by atoms with Crippen LogP contribution in [0.1, 0.15) is 23.2 Å². The van der Waals surface area contributed by atoms with Gasteiger partial charge in [0.05, 0.1) is 18.3 Å². The molecule has 0 bridgehead atoms. The molecule has 1 N–H and O–H groups in total. The van der Waals surface area contributed by atoms with Crippen molar-refractivity contribution < 1.29 is 9.53 Å². The third-order valence-corrected chi connectivity index (χ3v) is 4.90. The smallest absolute Gasteiger partial charge is 0.254 e. The van der Waals surface area contributed by atoms with Crippen LogP contribution in [0.4, 0.5) is 0 Å². The van der Waals surface area contributed by atoms with Crippen molar-refractivity contribution in [2.45, 2.75) is 25.0 Å². The summed E-state index contributed by atoms with van der Waals surface area (Å²) in [5.74, 6) is 0.458. The summed E-state index contributed by atoms with van der Waals surface area (Å²) in [6.07, 6.45) is 5.68. The molecule has 2 aliphatic rings. The number of aromatic nitrogens is 2. The highest BCUT2D eigenvalue weighted by Crippen LogP contribution is 2.22. The Morgan fingerprint density at radius 2 is 2.04 bits per heavy atom. The van der Waals surface area contributed by atoms with Gasteiger partial charge in [0, 0.05) is 37.1 Å². The zero-order valence-electron chi connectivity index (χ0n) is 14.1. The monoisotopic (exact) mass is 338 g/mol. The van der Waals surface area contributed by atoms with E-state index in [9.17, 15) is 4.79 Å². The van der Waals surface area contributed by atoms with Gasteiger partial charge < -0.3 is 10.1 Å². The standard InChI is InChI=1S/C19H22N4O2/c24-19(22-11-17-12-23-8-4-7-16(23)13-25-17)15-9-20-18(21-10-15)14-5-2-1-3-6-14/h1-3,5-6,9-10,16-17H,4,7-8,11-13H2,(H,22,24)/t16-,17+/m1/s1. The summed E-state index contributed by atoms with van der Waals surface area (Å²) < 4.78 is 5.87. The molecule has 0 aliphatic carbocycles.